The molecular formula is C17H21NO2. The Morgan fingerprint density at radius 2 is 1.55 bits per heavy atom. The maximum Gasteiger partial charge on any atom is 0.118 e. The van der Waals surface area contributed by atoms with Crippen molar-refractivity contribution in [2.24, 2.45) is 0 Å². The van der Waals surface area contributed by atoms with E-state index in [1.54, 1.807) is 6.07 Å². The molecule has 2 aromatic carbocycles. The van der Waals surface area contributed by atoms with Gasteiger partial charge in [-0.05, 0) is 23.6 Å². The Morgan fingerprint density at radius 1 is 0.850 bits per heavy atom. The Balaban J connectivity index is 1.94. The smallest absolute Gasteiger partial charge is 0.118 e. The molecule has 0 aromatic heterocycles. The Bertz CT molecular complexity index is 513. The quantitative estimate of drug-likeness (QED) is 0.813. The van der Waals surface area contributed by atoms with E-state index in [-0.39, 0.29) is 6.61 Å². The second-order valence-corrected chi connectivity index (χ2v) is 4.86. The third-order valence-corrected chi connectivity index (χ3v) is 3.35. The van der Waals surface area contributed by atoms with Crippen LogP contribution in [-0.4, -0.2) is 34.8 Å². The van der Waals surface area contributed by atoms with Crippen LogP contribution >= 0.6 is 0 Å². The highest BCUT2D eigenvalue weighted by Crippen LogP contribution is 2.16. The minimum Gasteiger partial charge on any atom is -0.508 e. The SMILES string of the molecule is OCCN(CCc1ccccc1O)Cc1ccccc1. The predicted molar refractivity (Wildman–Crippen MR) is 80.6 cm³/mol. The van der Waals surface area contributed by atoms with Crippen molar-refractivity contribution in [1.82, 2.24) is 4.90 Å². The largest absolute Gasteiger partial charge is 0.508 e. The summed E-state index contributed by atoms with van der Waals surface area (Å²) in [6.07, 6.45) is 0.777. The van der Waals surface area contributed by atoms with Crippen LogP contribution in [-0.2, 0) is 13.0 Å². The second kappa shape index (κ2) is 7.68. The number of phenols is 1. The third kappa shape index (κ3) is 4.37. The van der Waals surface area contributed by atoms with Crippen molar-refractivity contribution in [2.75, 3.05) is 19.7 Å². The van der Waals surface area contributed by atoms with Crippen LogP contribution in [0.3, 0.4) is 0 Å². The highest BCUT2D eigenvalue weighted by atomic mass is 16.3. The van der Waals surface area contributed by atoms with Gasteiger partial charge in [0.15, 0.2) is 0 Å². The second-order valence-electron chi connectivity index (χ2n) is 4.86. The molecule has 0 aliphatic rings. The fourth-order valence-corrected chi connectivity index (χ4v) is 2.25. The summed E-state index contributed by atoms with van der Waals surface area (Å²) in [6, 6.07) is 17.6. The number of hydrogen-bond acceptors (Lipinski definition) is 3. The van der Waals surface area contributed by atoms with E-state index in [0.717, 1.165) is 25.1 Å². The molecule has 20 heavy (non-hydrogen) atoms. The lowest BCUT2D eigenvalue weighted by molar-refractivity contribution is 0.191. The zero-order valence-electron chi connectivity index (χ0n) is 11.6. The van der Waals surface area contributed by atoms with Gasteiger partial charge < -0.3 is 10.2 Å². The summed E-state index contributed by atoms with van der Waals surface area (Å²) in [5.41, 5.74) is 2.18. The van der Waals surface area contributed by atoms with E-state index >= 15 is 0 Å². The van der Waals surface area contributed by atoms with Gasteiger partial charge in [-0.1, -0.05) is 48.5 Å². The third-order valence-electron chi connectivity index (χ3n) is 3.35. The normalized spacial score (nSPS) is 10.9. The maximum atomic E-state index is 9.78. The average molecular weight is 271 g/mol. The molecule has 0 saturated heterocycles. The van der Waals surface area contributed by atoms with E-state index in [1.165, 1.54) is 5.56 Å². The molecule has 0 aliphatic heterocycles. The molecular weight excluding hydrogens is 250 g/mol. The minimum absolute atomic E-state index is 0.146. The van der Waals surface area contributed by atoms with Crippen LogP contribution in [0.5, 0.6) is 5.75 Å². The van der Waals surface area contributed by atoms with Crippen LogP contribution in [0, 0.1) is 0 Å². The van der Waals surface area contributed by atoms with Gasteiger partial charge in [0, 0.05) is 19.6 Å². The van der Waals surface area contributed by atoms with E-state index in [9.17, 15) is 10.2 Å². The Kier molecular flexibility index (Phi) is 5.59. The maximum absolute atomic E-state index is 9.78. The lowest BCUT2D eigenvalue weighted by atomic mass is 10.1. The summed E-state index contributed by atoms with van der Waals surface area (Å²) >= 11 is 0. The molecule has 2 aromatic rings. The molecule has 0 spiro atoms. The highest BCUT2D eigenvalue weighted by Gasteiger charge is 2.07. The van der Waals surface area contributed by atoms with E-state index in [1.807, 2.05) is 36.4 Å². The first kappa shape index (κ1) is 14.6. The van der Waals surface area contributed by atoms with Crippen molar-refractivity contribution in [3.05, 3.63) is 65.7 Å². The summed E-state index contributed by atoms with van der Waals surface area (Å²) in [6.45, 7) is 2.41. The number of aliphatic hydroxyl groups is 1. The molecule has 0 atom stereocenters. The fourth-order valence-electron chi connectivity index (χ4n) is 2.25. The number of nitrogens with zero attached hydrogens (tertiary/aromatic N) is 1. The molecule has 0 saturated carbocycles. The first-order valence-corrected chi connectivity index (χ1v) is 6.93. The monoisotopic (exact) mass is 271 g/mol. The van der Waals surface area contributed by atoms with Gasteiger partial charge in [-0.3, -0.25) is 4.90 Å². The molecule has 0 bridgehead atoms. The lowest BCUT2D eigenvalue weighted by Crippen LogP contribution is -2.28. The standard InChI is InChI=1S/C17H21NO2/c19-13-12-18(14-15-6-2-1-3-7-15)11-10-16-8-4-5-9-17(16)20/h1-9,19-20H,10-14H2. The molecule has 0 heterocycles. The number of phenolic OH excluding ortho intramolecular Hbond substituents is 1. The summed E-state index contributed by atoms with van der Waals surface area (Å²) < 4.78 is 0. The van der Waals surface area contributed by atoms with Gasteiger partial charge in [0.2, 0.25) is 0 Å². The van der Waals surface area contributed by atoms with Gasteiger partial charge in [0.25, 0.3) is 0 Å². The predicted octanol–water partition coefficient (Wildman–Crippen LogP) is 2.43. The molecule has 2 rings (SSSR count). The molecule has 0 aliphatic carbocycles. The van der Waals surface area contributed by atoms with E-state index in [2.05, 4.69) is 17.0 Å². The van der Waals surface area contributed by atoms with Crippen molar-refractivity contribution in [2.45, 2.75) is 13.0 Å². The van der Waals surface area contributed by atoms with Crippen molar-refractivity contribution in [3.63, 3.8) is 0 Å². The number of rotatable bonds is 7. The molecule has 2 N–H and O–H groups in total. The van der Waals surface area contributed by atoms with Gasteiger partial charge in [0.05, 0.1) is 6.61 Å². The van der Waals surface area contributed by atoms with Crippen LogP contribution in [0.2, 0.25) is 0 Å². The zero-order chi connectivity index (χ0) is 14.2. The van der Waals surface area contributed by atoms with Gasteiger partial charge in [-0.25, -0.2) is 0 Å². The lowest BCUT2D eigenvalue weighted by Gasteiger charge is -2.21. The molecule has 0 radical (unpaired) electrons. The number of para-hydroxylation sites is 1. The van der Waals surface area contributed by atoms with Crippen LogP contribution in [0.25, 0.3) is 0 Å². The summed E-state index contributed by atoms with van der Waals surface area (Å²) in [5, 5.41) is 19.0. The Hall–Kier alpha value is -1.84. The molecule has 106 valence electrons. The van der Waals surface area contributed by atoms with E-state index in [0.29, 0.717) is 12.3 Å². The minimum atomic E-state index is 0.146. The fraction of sp³-hybridized carbons (Fsp3) is 0.294. The van der Waals surface area contributed by atoms with Crippen molar-refractivity contribution >= 4 is 0 Å². The number of aliphatic hydroxyl groups excluding tert-OH is 1. The van der Waals surface area contributed by atoms with Crippen molar-refractivity contribution in [3.8, 4) is 5.75 Å². The van der Waals surface area contributed by atoms with Gasteiger partial charge >= 0.3 is 0 Å². The molecule has 0 unspecified atom stereocenters. The topological polar surface area (TPSA) is 43.7 Å². The number of aromatic hydroxyl groups is 1. The Morgan fingerprint density at radius 3 is 2.25 bits per heavy atom. The van der Waals surface area contributed by atoms with Gasteiger partial charge in [-0.2, -0.15) is 0 Å². The first-order chi connectivity index (χ1) is 9.79. The molecule has 3 heteroatoms. The molecule has 3 nitrogen and oxygen atoms in total. The average Bonchev–Trinajstić information content (AvgIpc) is 2.47. The number of benzene rings is 2. The summed E-state index contributed by atoms with van der Waals surface area (Å²) in [5.74, 6) is 0.344. The van der Waals surface area contributed by atoms with Crippen LogP contribution in [0.4, 0.5) is 0 Å². The zero-order valence-corrected chi connectivity index (χ0v) is 11.6. The summed E-state index contributed by atoms with van der Waals surface area (Å²) in [7, 11) is 0. The molecule has 0 amide bonds. The first-order valence-electron chi connectivity index (χ1n) is 6.93. The van der Waals surface area contributed by atoms with E-state index < -0.39 is 0 Å². The van der Waals surface area contributed by atoms with E-state index in [4.69, 9.17) is 0 Å². The summed E-state index contributed by atoms with van der Waals surface area (Å²) in [4.78, 5) is 2.20. The van der Waals surface area contributed by atoms with Crippen LogP contribution in [0.1, 0.15) is 11.1 Å². The van der Waals surface area contributed by atoms with Crippen molar-refractivity contribution < 1.29 is 10.2 Å². The Labute approximate surface area is 120 Å². The van der Waals surface area contributed by atoms with Gasteiger partial charge in [-0.15, -0.1) is 0 Å². The number of hydrogen-bond donors (Lipinski definition) is 2. The van der Waals surface area contributed by atoms with Crippen LogP contribution in [0.15, 0.2) is 54.6 Å². The molecule has 0 fully saturated rings. The van der Waals surface area contributed by atoms with Crippen LogP contribution < -0.4 is 0 Å². The van der Waals surface area contributed by atoms with Gasteiger partial charge in [0.1, 0.15) is 5.75 Å². The van der Waals surface area contributed by atoms with Crippen molar-refractivity contribution in [1.29, 1.82) is 0 Å². The highest BCUT2D eigenvalue weighted by molar-refractivity contribution is 5.31.